The van der Waals surface area contributed by atoms with E-state index < -0.39 is 10.0 Å². The highest BCUT2D eigenvalue weighted by Gasteiger charge is 2.14. The van der Waals surface area contributed by atoms with E-state index in [1.165, 1.54) is 18.2 Å². The lowest BCUT2D eigenvalue weighted by molar-refractivity contribution is 0.581. The molecule has 1 N–H and O–H groups in total. The van der Waals surface area contributed by atoms with Crippen molar-refractivity contribution in [1.29, 1.82) is 0 Å². The smallest absolute Gasteiger partial charge is 0.240 e. The van der Waals surface area contributed by atoms with Gasteiger partial charge in [0, 0.05) is 26.0 Å². The van der Waals surface area contributed by atoms with E-state index in [9.17, 15) is 8.42 Å². The zero-order valence-electron chi connectivity index (χ0n) is 10.8. The summed E-state index contributed by atoms with van der Waals surface area (Å²) in [5, 5.41) is 0.549. The molecule has 0 bridgehead atoms. The molecule has 0 radical (unpaired) electrons. The third-order valence-electron chi connectivity index (χ3n) is 2.80. The fourth-order valence-electron chi connectivity index (χ4n) is 1.77. The molecule has 1 aromatic heterocycles. The monoisotopic (exact) mass is 332 g/mol. The van der Waals surface area contributed by atoms with Crippen molar-refractivity contribution in [3.63, 3.8) is 0 Å². The Morgan fingerprint density at radius 3 is 2.55 bits per heavy atom. The summed E-state index contributed by atoms with van der Waals surface area (Å²) in [6.45, 7) is 0.326. The van der Waals surface area contributed by atoms with Crippen LogP contribution in [0, 0.1) is 0 Å². The Morgan fingerprint density at radius 1 is 1.20 bits per heavy atom. The van der Waals surface area contributed by atoms with Gasteiger partial charge in [0.2, 0.25) is 10.0 Å². The van der Waals surface area contributed by atoms with Crippen LogP contribution in [-0.2, 0) is 23.5 Å². The van der Waals surface area contributed by atoms with Gasteiger partial charge in [-0.1, -0.05) is 23.2 Å². The van der Waals surface area contributed by atoms with Crippen LogP contribution in [0.15, 0.2) is 41.6 Å². The normalized spacial score (nSPS) is 11.8. The molecule has 0 aliphatic rings. The minimum Gasteiger partial charge on any atom is -0.357 e. The van der Waals surface area contributed by atoms with Crippen LogP contribution in [0.2, 0.25) is 10.0 Å². The third-order valence-corrected chi connectivity index (χ3v) is 5.00. The first-order valence-corrected chi connectivity index (χ1v) is 8.18. The average molecular weight is 333 g/mol. The molecule has 0 saturated carbocycles. The van der Waals surface area contributed by atoms with Crippen molar-refractivity contribution in [2.24, 2.45) is 7.05 Å². The molecular weight excluding hydrogens is 319 g/mol. The van der Waals surface area contributed by atoms with Crippen LogP contribution >= 0.6 is 23.2 Å². The summed E-state index contributed by atoms with van der Waals surface area (Å²) < 4.78 is 28.6. The third kappa shape index (κ3) is 3.76. The Hall–Kier alpha value is -1.01. The molecular formula is C13H14Cl2N2O2S. The van der Waals surface area contributed by atoms with Crippen molar-refractivity contribution in [3.05, 3.63) is 52.3 Å². The van der Waals surface area contributed by atoms with Gasteiger partial charge < -0.3 is 4.57 Å². The zero-order valence-corrected chi connectivity index (χ0v) is 13.1. The molecule has 1 heterocycles. The van der Waals surface area contributed by atoms with Crippen LogP contribution in [0.3, 0.4) is 0 Å². The lowest BCUT2D eigenvalue weighted by Gasteiger charge is -2.07. The number of hydrogen-bond donors (Lipinski definition) is 1. The minimum atomic E-state index is -3.56. The molecule has 1 aromatic carbocycles. The second-order valence-electron chi connectivity index (χ2n) is 4.41. The fraction of sp³-hybridized carbons (Fsp3) is 0.231. The first-order valence-electron chi connectivity index (χ1n) is 5.94. The number of halogens is 2. The summed E-state index contributed by atoms with van der Waals surface area (Å²) in [5.41, 5.74) is 1.07. The van der Waals surface area contributed by atoms with Crippen LogP contribution in [0.5, 0.6) is 0 Å². The number of aromatic nitrogens is 1. The van der Waals surface area contributed by atoms with Crippen LogP contribution in [0.4, 0.5) is 0 Å². The molecule has 0 amide bonds. The van der Waals surface area contributed by atoms with Gasteiger partial charge in [-0.05, 0) is 36.2 Å². The predicted molar refractivity (Wildman–Crippen MR) is 80.8 cm³/mol. The van der Waals surface area contributed by atoms with Gasteiger partial charge in [0.05, 0.1) is 14.9 Å². The van der Waals surface area contributed by atoms with Crippen molar-refractivity contribution in [3.8, 4) is 0 Å². The second-order valence-corrected chi connectivity index (χ2v) is 6.99. The van der Waals surface area contributed by atoms with Crippen molar-refractivity contribution < 1.29 is 8.42 Å². The number of benzene rings is 1. The van der Waals surface area contributed by atoms with Gasteiger partial charge in [-0.3, -0.25) is 0 Å². The molecule has 4 nitrogen and oxygen atoms in total. The maximum atomic E-state index is 12.1. The van der Waals surface area contributed by atoms with Gasteiger partial charge >= 0.3 is 0 Å². The lowest BCUT2D eigenvalue weighted by Crippen LogP contribution is -2.25. The minimum absolute atomic E-state index is 0.111. The molecule has 20 heavy (non-hydrogen) atoms. The molecule has 2 rings (SSSR count). The van der Waals surface area contributed by atoms with E-state index >= 15 is 0 Å². The molecule has 0 fully saturated rings. The number of aryl methyl sites for hydroxylation is 1. The first kappa shape index (κ1) is 15.4. The van der Waals surface area contributed by atoms with Crippen molar-refractivity contribution in [1.82, 2.24) is 9.29 Å². The van der Waals surface area contributed by atoms with Gasteiger partial charge in [-0.25, -0.2) is 13.1 Å². The lowest BCUT2D eigenvalue weighted by atomic mass is 10.2. The van der Waals surface area contributed by atoms with E-state index in [0.717, 1.165) is 5.56 Å². The predicted octanol–water partition coefficient (Wildman–Crippen LogP) is 2.85. The van der Waals surface area contributed by atoms with Gasteiger partial charge in [-0.15, -0.1) is 0 Å². The summed E-state index contributed by atoms with van der Waals surface area (Å²) in [7, 11) is -1.64. The second kappa shape index (κ2) is 6.18. The molecule has 0 spiro atoms. The first-order chi connectivity index (χ1) is 9.38. The number of sulfonamides is 1. The van der Waals surface area contributed by atoms with Gasteiger partial charge in [0.15, 0.2) is 0 Å². The topological polar surface area (TPSA) is 51.1 Å². The van der Waals surface area contributed by atoms with E-state index in [2.05, 4.69) is 4.72 Å². The number of nitrogens with one attached hydrogen (secondary N) is 1. The molecule has 0 saturated heterocycles. The largest absolute Gasteiger partial charge is 0.357 e. The molecule has 0 aliphatic carbocycles. The summed E-state index contributed by atoms with van der Waals surface area (Å²) >= 11 is 11.6. The zero-order chi connectivity index (χ0) is 14.8. The number of hydrogen-bond acceptors (Lipinski definition) is 2. The van der Waals surface area contributed by atoms with Gasteiger partial charge in [0.25, 0.3) is 0 Å². The van der Waals surface area contributed by atoms with E-state index in [4.69, 9.17) is 23.2 Å². The maximum absolute atomic E-state index is 12.1. The fourth-order valence-corrected chi connectivity index (χ4v) is 3.19. The van der Waals surface area contributed by atoms with E-state index in [1.54, 1.807) is 0 Å². The number of rotatable bonds is 5. The number of nitrogens with zero attached hydrogens (tertiary/aromatic N) is 1. The Kier molecular flexibility index (Phi) is 4.75. The highest BCUT2D eigenvalue weighted by Crippen LogP contribution is 2.24. The summed E-state index contributed by atoms with van der Waals surface area (Å²) in [5.74, 6) is 0. The van der Waals surface area contributed by atoms with E-state index in [0.29, 0.717) is 18.0 Å². The standard InChI is InChI=1S/C13H14Cl2N2O2S/c1-17-7-5-10(9-17)4-6-16-20(18,19)11-2-3-12(14)13(15)8-11/h2-3,5,7-9,16H,4,6H2,1H3. The Labute approximate surface area is 128 Å². The molecule has 0 unspecified atom stereocenters. The van der Waals surface area contributed by atoms with Gasteiger partial charge in [-0.2, -0.15) is 0 Å². The molecule has 7 heteroatoms. The van der Waals surface area contributed by atoms with Crippen molar-refractivity contribution in [2.75, 3.05) is 6.54 Å². The van der Waals surface area contributed by atoms with Crippen LogP contribution in [-0.4, -0.2) is 19.5 Å². The highest BCUT2D eigenvalue weighted by atomic mass is 35.5. The van der Waals surface area contributed by atoms with Gasteiger partial charge in [0.1, 0.15) is 0 Å². The molecule has 108 valence electrons. The SMILES string of the molecule is Cn1ccc(CCNS(=O)(=O)c2ccc(Cl)c(Cl)c2)c1. The Morgan fingerprint density at radius 2 is 1.95 bits per heavy atom. The van der Waals surface area contributed by atoms with Crippen LogP contribution in [0.1, 0.15) is 5.56 Å². The average Bonchev–Trinajstić information content (AvgIpc) is 2.78. The van der Waals surface area contributed by atoms with E-state index in [-0.39, 0.29) is 9.92 Å². The summed E-state index contributed by atoms with van der Waals surface area (Å²) in [6, 6.07) is 6.19. The van der Waals surface area contributed by atoms with E-state index in [1.807, 2.05) is 30.1 Å². The summed E-state index contributed by atoms with van der Waals surface area (Å²) in [6.07, 6.45) is 4.50. The molecule has 0 aliphatic heterocycles. The van der Waals surface area contributed by atoms with Crippen molar-refractivity contribution >= 4 is 33.2 Å². The van der Waals surface area contributed by atoms with Crippen molar-refractivity contribution in [2.45, 2.75) is 11.3 Å². The van der Waals surface area contributed by atoms with Crippen LogP contribution < -0.4 is 4.72 Å². The highest BCUT2D eigenvalue weighted by molar-refractivity contribution is 7.89. The quantitative estimate of drug-likeness (QED) is 0.915. The summed E-state index contributed by atoms with van der Waals surface area (Å²) in [4.78, 5) is 0.111. The Bertz CT molecular complexity index is 711. The Balaban J connectivity index is 2.02. The maximum Gasteiger partial charge on any atom is 0.240 e. The molecule has 2 aromatic rings. The molecule has 0 atom stereocenters. The van der Waals surface area contributed by atoms with Crippen LogP contribution in [0.25, 0.3) is 0 Å².